The molecule has 0 saturated carbocycles. The van der Waals surface area contributed by atoms with E-state index in [4.69, 9.17) is 0 Å². The van der Waals surface area contributed by atoms with Crippen molar-refractivity contribution in [2.75, 3.05) is 7.05 Å². The molecule has 21 heavy (non-hydrogen) atoms. The Bertz CT molecular complexity index is 618. The number of aryl methyl sites for hydroxylation is 1. The van der Waals surface area contributed by atoms with Crippen LogP contribution in [0.5, 0.6) is 0 Å². The molecule has 0 aliphatic carbocycles. The van der Waals surface area contributed by atoms with Crippen molar-refractivity contribution in [3.63, 3.8) is 0 Å². The molecule has 0 unspecified atom stereocenters. The zero-order valence-corrected chi connectivity index (χ0v) is 13.9. The number of amides is 1. The van der Waals surface area contributed by atoms with Gasteiger partial charge in [0.25, 0.3) is 0 Å². The zero-order chi connectivity index (χ0) is 15.6. The van der Waals surface area contributed by atoms with Crippen molar-refractivity contribution in [1.29, 1.82) is 0 Å². The lowest BCUT2D eigenvalue weighted by Gasteiger charge is -2.23. The minimum Gasteiger partial charge on any atom is -0.339 e. The smallest absolute Gasteiger partial charge is 0.245 e. The molecule has 7 heteroatoms. The molecule has 0 radical (unpaired) electrons. The first-order valence-corrected chi connectivity index (χ1v) is 7.74. The molecular weight excluding hydrogens is 286 g/mol. The van der Waals surface area contributed by atoms with E-state index in [0.717, 1.165) is 16.4 Å². The first kappa shape index (κ1) is 15.6. The van der Waals surface area contributed by atoms with Crippen molar-refractivity contribution < 1.29 is 4.79 Å². The van der Waals surface area contributed by atoms with E-state index in [9.17, 15) is 4.79 Å². The fourth-order valence-electron chi connectivity index (χ4n) is 2.23. The molecular formula is C14H21N5OS. The molecule has 0 aliphatic heterocycles. The predicted octanol–water partition coefficient (Wildman–Crippen LogP) is 2.39. The molecule has 0 bridgehead atoms. The zero-order valence-electron chi connectivity index (χ0n) is 13.1. The summed E-state index contributed by atoms with van der Waals surface area (Å²) >= 11 is 1.34. The van der Waals surface area contributed by atoms with Crippen molar-refractivity contribution in [2.45, 2.75) is 46.2 Å². The average Bonchev–Trinajstić information content (AvgIpc) is 3.06. The van der Waals surface area contributed by atoms with Crippen LogP contribution < -0.4 is 0 Å². The molecule has 0 spiro atoms. The van der Waals surface area contributed by atoms with Crippen LogP contribution in [0.15, 0.2) is 12.4 Å². The van der Waals surface area contributed by atoms with E-state index < -0.39 is 0 Å². The van der Waals surface area contributed by atoms with Crippen LogP contribution in [0, 0.1) is 6.92 Å². The van der Waals surface area contributed by atoms with Gasteiger partial charge in [0, 0.05) is 25.4 Å². The third kappa shape index (κ3) is 3.29. The Morgan fingerprint density at radius 3 is 2.71 bits per heavy atom. The van der Waals surface area contributed by atoms with Gasteiger partial charge >= 0.3 is 0 Å². The molecule has 0 aliphatic rings. The minimum absolute atomic E-state index is 0.0581. The summed E-state index contributed by atoms with van der Waals surface area (Å²) in [5.41, 5.74) is 0.887. The number of rotatable bonds is 5. The average molecular weight is 307 g/mol. The van der Waals surface area contributed by atoms with Gasteiger partial charge in [-0.05, 0) is 25.4 Å². The van der Waals surface area contributed by atoms with Gasteiger partial charge in [-0.25, -0.2) is 4.98 Å². The summed E-state index contributed by atoms with van der Waals surface area (Å²) in [6, 6.07) is -0.268. The van der Waals surface area contributed by atoms with Crippen molar-refractivity contribution in [1.82, 2.24) is 24.0 Å². The molecule has 2 heterocycles. The van der Waals surface area contributed by atoms with E-state index >= 15 is 0 Å². The summed E-state index contributed by atoms with van der Waals surface area (Å²) in [5, 5.41) is 3.98. The topological polar surface area (TPSA) is 63.9 Å². The number of imidazole rings is 1. The third-order valence-electron chi connectivity index (χ3n) is 3.49. The molecule has 0 saturated heterocycles. The van der Waals surface area contributed by atoms with Crippen LogP contribution >= 0.6 is 11.5 Å². The summed E-state index contributed by atoms with van der Waals surface area (Å²) in [6.45, 7) is 8.51. The monoisotopic (exact) mass is 307 g/mol. The van der Waals surface area contributed by atoms with E-state index in [1.54, 1.807) is 11.1 Å². The van der Waals surface area contributed by atoms with E-state index in [1.165, 1.54) is 11.5 Å². The number of hydrogen-bond acceptors (Lipinski definition) is 5. The van der Waals surface area contributed by atoms with Crippen LogP contribution in [-0.4, -0.2) is 37.0 Å². The van der Waals surface area contributed by atoms with Gasteiger partial charge in [-0.1, -0.05) is 18.3 Å². The second-order valence-corrected chi connectivity index (χ2v) is 6.34. The Kier molecular flexibility index (Phi) is 4.72. The number of carbonyl (C=O) groups excluding carboxylic acids is 1. The SMILES string of the molecule is Cc1nnsc1CN(C)C(=O)[C@H](C)n1ccnc1C(C)C. The highest BCUT2D eigenvalue weighted by Gasteiger charge is 2.23. The van der Waals surface area contributed by atoms with Gasteiger partial charge in [0.1, 0.15) is 11.9 Å². The molecule has 114 valence electrons. The number of likely N-dealkylation sites (N-methyl/N-ethyl adjacent to an activating group) is 1. The second-order valence-electron chi connectivity index (χ2n) is 5.50. The summed E-state index contributed by atoms with van der Waals surface area (Å²) in [4.78, 5) is 19.7. The lowest BCUT2D eigenvalue weighted by molar-refractivity contribution is -0.133. The van der Waals surface area contributed by atoms with Crippen LogP contribution in [0.2, 0.25) is 0 Å². The molecule has 6 nitrogen and oxygen atoms in total. The van der Waals surface area contributed by atoms with E-state index in [2.05, 4.69) is 28.4 Å². The number of hydrogen-bond donors (Lipinski definition) is 0. The molecule has 0 aromatic carbocycles. The molecule has 0 fully saturated rings. The van der Waals surface area contributed by atoms with Crippen LogP contribution in [-0.2, 0) is 11.3 Å². The normalized spacial score (nSPS) is 12.7. The largest absolute Gasteiger partial charge is 0.339 e. The predicted molar refractivity (Wildman–Crippen MR) is 82.1 cm³/mol. The highest BCUT2D eigenvalue weighted by molar-refractivity contribution is 7.05. The molecule has 2 rings (SSSR count). The second kappa shape index (κ2) is 6.34. The van der Waals surface area contributed by atoms with Crippen molar-refractivity contribution >= 4 is 17.4 Å². The maximum absolute atomic E-state index is 12.6. The standard InChI is InChI=1S/C14H21N5OS/c1-9(2)13-15-6-7-19(13)11(4)14(20)18(5)8-12-10(3)16-17-21-12/h6-7,9,11H,8H2,1-5H3/t11-/m0/s1. The number of nitrogens with zero attached hydrogens (tertiary/aromatic N) is 5. The third-order valence-corrected chi connectivity index (χ3v) is 4.30. The number of aromatic nitrogens is 4. The maximum Gasteiger partial charge on any atom is 0.245 e. The maximum atomic E-state index is 12.6. The fraction of sp³-hybridized carbons (Fsp3) is 0.571. The highest BCUT2D eigenvalue weighted by Crippen LogP contribution is 2.20. The Hall–Kier alpha value is -1.76. The van der Waals surface area contributed by atoms with Gasteiger partial charge in [0.15, 0.2) is 0 Å². The number of carbonyl (C=O) groups is 1. The van der Waals surface area contributed by atoms with Crippen LogP contribution in [0.25, 0.3) is 0 Å². The molecule has 1 atom stereocenters. The summed E-state index contributed by atoms with van der Waals surface area (Å²) in [7, 11) is 1.81. The first-order valence-electron chi connectivity index (χ1n) is 6.97. The van der Waals surface area contributed by atoms with E-state index in [0.29, 0.717) is 6.54 Å². The first-order chi connectivity index (χ1) is 9.91. The van der Waals surface area contributed by atoms with E-state index in [-0.39, 0.29) is 17.9 Å². The summed E-state index contributed by atoms with van der Waals surface area (Å²) < 4.78 is 5.85. The molecule has 2 aromatic heterocycles. The van der Waals surface area contributed by atoms with Gasteiger partial charge in [-0.3, -0.25) is 4.79 Å². The lowest BCUT2D eigenvalue weighted by atomic mass is 10.2. The van der Waals surface area contributed by atoms with Crippen molar-refractivity contribution in [3.8, 4) is 0 Å². The Morgan fingerprint density at radius 2 is 2.14 bits per heavy atom. The van der Waals surface area contributed by atoms with E-state index in [1.807, 2.05) is 31.7 Å². The van der Waals surface area contributed by atoms with Crippen molar-refractivity contribution in [3.05, 3.63) is 28.8 Å². The van der Waals surface area contributed by atoms with Gasteiger partial charge in [-0.2, -0.15) is 0 Å². The molecule has 2 aromatic rings. The molecule has 1 amide bonds. The van der Waals surface area contributed by atoms with Crippen LogP contribution in [0.4, 0.5) is 0 Å². The quantitative estimate of drug-likeness (QED) is 0.851. The van der Waals surface area contributed by atoms with Gasteiger partial charge in [0.2, 0.25) is 5.91 Å². The fourth-order valence-corrected chi connectivity index (χ4v) is 2.91. The highest BCUT2D eigenvalue weighted by atomic mass is 32.1. The molecule has 0 N–H and O–H groups in total. The summed E-state index contributed by atoms with van der Waals surface area (Å²) in [6.07, 6.45) is 3.61. The Labute approximate surface area is 129 Å². The van der Waals surface area contributed by atoms with Gasteiger partial charge in [0.05, 0.1) is 17.1 Å². The lowest BCUT2D eigenvalue weighted by Crippen LogP contribution is -2.33. The van der Waals surface area contributed by atoms with Gasteiger partial charge < -0.3 is 9.47 Å². The van der Waals surface area contributed by atoms with Gasteiger partial charge in [-0.15, -0.1) is 5.10 Å². The van der Waals surface area contributed by atoms with Crippen LogP contribution in [0.3, 0.4) is 0 Å². The Balaban J connectivity index is 2.11. The Morgan fingerprint density at radius 1 is 1.43 bits per heavy atom. The minimum atomic E-state index is -0.268. The van der Waals surface area contributed by atoms with Crippen molar-refractivity contribution in [2.24, 2.45) is 0 Å². The summed E-state index contributed by atoms with van der Waals surface area (Å²) in [5.74, 6) is 1.27. The van der Waals surface area contributed by atoms with Crippen LogP contribution in [0.1, 0.15) is 49.1 Å².